The normalized spacial score (nSPS) is 24.0. The van der Waals surface area contributed by atoms with E-state index in [4.69, 9.17) is 4.74 Å². The van der Waals surface area contributed by atoms with E-state index in [1.54, 1.807) is 0 Å². The number of hydrogen-bond acceptors (Lipinski definition) is 4. The first kappa shape index (κ1) is 18.5. The lowest BCUT2D eigenvalue weighted by Gasteiger charge is -2.33. The lowest BCUT2D eigenvalue weighted by atomic mass is 9.90. The Morgan fingerprint density at radius 2 is 1.54 bits per heavy atom. The van der Waals surface area contributed by atoms with Gasteiger partial charge in [0.2, 0.25) is 11.8 Å². The number of amides is 3. The number of carbonyl (C=O) groups excluding carboxylic acids is 3. The third kappa shape index (κ3) is 6.37. The van der Waals surface area contributed by atoms with Crippen LogP contribution in [0.4, 0.5) is 4.79 Å². The molecule has 3 N–H and O–H groups in total. The van der Waals surface area contributed by atoms with Crippen molar-refractivity contribution < 1.29 is 19.1 Å². The summed E-state index contributed by atoms with van der Waals surface area (Å²) in [6, 6.07) is -0.270. The van der Waals surface area contributed by atoms with Gasteiger partial charge in [-0.25, -0.2) is 4.79 Å². The Balaban J connectivity index is 1.78. The van der Waals surface area contributed by atoms with Crippen LogP contribution < -0.4 is 16.0 Å². The molecule has 0 bridgehead atoms. The molecule has 3 amide bonds. The lowest BCUT2D eigenvalue weighted by Crippen LogP contribution is -2.55. The maximum absolute atomic E-state index is 12.0. The van der Waals surface area contributed by atoms with Crippen LogP contribution in [0.2, 0.25) is 0 Å². The third-order valence-electron chi connectivity index (χ3n) is 4.19. The largest absolute Gasteiger partial charge is 0.444 e. The molecule has 2 rings (SSSR count). The van der Waals surface area contributed by atoms with Crippen LogP contribution in [0.3, 0.4) is 0 Å². The molecule has 2 aliphatic carbocycles. The standard InChI is InChI=1S/C17H29N3O4/c1-17(2,3)24-16(23)20-13-7-5-4-6-12(13)19-14(21)10-18-15(22)11-8-9-11/h11-13H,4-10H2,1-3H3,(H,18,22)(H,19,21)(H,20,23)/t12-,13+/m1/s1. The molecule has 0 aromatic heterocycles. The van der Waals surface area contributed by atoms with E-state index in [0.717, 1.165) is 38.5 Å². The molecular formula is C17H29N3O4. The maximum atomic E-state index is 12.0. The lowest BCUT2D eigenvalue weighted by molar-refractivity contribution is -0.127. The van der Waals surface area contributed by atoms with Gasteiger partial charge in [0.15, 0.2) is 0 Å². The minimum absolute atomic E-state index is 0.00894. The molecule has 136 valence electrons. The Kier molecular flexibility index (Phi) is 6.07. The topological polar surface area (TPSA) is 96.5 Å². The van der Waals surface area contributed by atoms with Crippen molar-refractivity contribution in [2.24, 2.45) is 5.92 Å². The zero-order chi connectivity index (χ0) is 17.7. The van der Waals surface area contributed by atoms with Crippen LogP contribution in [0.5, 0.6) is 0 Å². The summed E-state index contributed by atoms with van der Waals surface area (Å²) in [5, 5.41) is 8.45. The highest BCUT2D eigenvalue weighted by atomic mass is 16.6. The molecular weight excluding hydrogens is 310 g/mol. The Hall–Kier alpha value is -1.79. The van der Waals surface area contributed by atoms with E-state index < -0.39 is 11.7 Å². The summed E-state index contributed by atoms with van der Waals surface area (Å²) in [6.45, 7) is 5.44. The Labute approximate surface area is 143 Å². The minimum atomic E-state index is -0.551. The number of hydrogen-bond donors (Lipinski definition) is 3. The predicted molar refractivity (Wildman–Crippen MR) is 89.3 cm³/mol. The molecule has 0 aromatic carbocycles. The number of rotatable bonds is 5. The van der Waals surface area contributed by atoms with Gasteiger partial charge in [-0.3, -0.25) is 9.59 Å². The summed E-state index contributed by atoms with van der Waals surface area (Å²) in [4.78, 5) is 35.6. The van der Waals surface area contributed by atoms with Crippen LogP contribution in [0.1, 0.15) is 59.3 Å². The molecule has 0 aliphatic heterocycles. The Bertz CT molecular complexity index is 483. The monoisotopic (exact) mass is 339 g/mol. The average Bonchev–Trinajstić information content (AvgIpc) is 3.29. The van der Waals surface area contributed by atoms with E-state index in [2.05, 4.69) is 16.0 Å². The predicted octanol–water partition coefficient (Wildman–Crippen LogP) is 1.46. The molecule has 2 fully saturated rings. The molecule has 0 unspecified atom stereocenters. The van der Waals surface area contributed by atoms with Crippen LogP contribution in [0.25, 0.3) is 0 Å². The highest BCUT2D eigenvalue weighted by Gasteiger charge is 2.31. The van der Waals surface area contributed by atoms with Crippen LogP contribution >= 0.6 is 0 Å². The quantitative estimate of drug-likeness (QED) is 0.706. The van der Waals surface area contributed by atoms with Crippen molar-refractivity contribution >= 4 is 17.9 Å². The smallest absolute Gasteiger partial charge is 0.407 e. The molecule has 0 spiro atoms. The van der Waals surface area contributed by atoms with Crippen molar-refractivity contribution in [3.63, 3.8) is 0 Å². The van der Waals surface area contributed by atoms with Gasteiger partial charge < -0.3 is 20.7 Å². The number of alkyl carbamates (subject to hydrolysis) is 1. The van der Waals surface area contributed by atoms with Gasteiger partial charge in [0.1, 0.15) is 5.60 Å². The summed E-state index contributed by atoms with van der Waals surface area (Å²) in [5.74, 6) is -0.168. The zero-order valence-electron chi connectivity index (χ0n) is 14.8. The van der Waals surface area contributed by atoms with Gasteiger partial charge in [-0.15, -0.1) is 0 Å². The van der Waals surface area contributed by atoms with Crippen molar-refractivity contribution in [2.45, 2.75) is 77.0 Å². The van der Waals surface area contributed by atoms with Gasteiger partial charge in [-0.2, -0.15) is 0 Å². The second-order valence-corrected chi connectivity index (χ2v) is 7.70. The molecule has 7 nitrogen and oxygen atoms in total. The van der Waals surface area contributed by atoms with E-state index in [-0.39, 0.29) is 36.4 Å². The second kappa shape index (κ2) is 7.85. The fourth-order valence-corrected chi connectivity index (χ4v) is 2.85. The van der Waals surface area contributed by atoms with Crippen molar-refractivity contribution in [1.29, 1.82) is 0 Å². The first-order valence-electron chi connectivity index (χ1n) is 8.81. The van der Waals surface area contributed by atoms with Crippen LogP contribution in [0.15, 0.2) is 0 Å². The van der Waals surface area contributed by atoms with Gasteiger partial charge in [-0.05, 0) is 46.5 Å². The fraction of sp³-hybridized carbons (Fsp3) is 0.824. The summed E-state index contributed by atoms with van der Waals surface area (Å²) >= 11 is 0. The van der Waals surface area contributed by atoms with Crippen LogP contribution in [-0.2, 0) is 14.3 Å². The van der Waals surface area contributed by atoms with Gasteiger partial charge >= 0.3 is 6.09 Å². The van der Waals surface area contributed by atoms with E-state index in [9.17, 15) is 14.4 Å². The highest BCUT2D eigenvalue weighted by molar-refractivity contribution is 5.87. The van der Waals surface area contributed by atoms with Gasteiger partial charge in [0.05, 0.1) is 12.6 Å². The second-order valence-electron chi connectivity index (χ2n) is 7.70. The molecule has 24 heavy (non-hydrogen) atoms. The molecule has 2 atom stereocenters. The van der Waals surface area contributed by atoms with Crippen LogP contribution in [-0.4, -0.2) is 42.1 Å². The Morgan fingerprint density at radius 3 is 2.08 bits per heavy atom. The molecule has 0 radical (unpaired) electrons. The van der Waals surface area contributed by atoms with Gasteiger partial charge in [-0.1, -0.05) is 12.8 Å². The molecule has 2 saturated carbocycles. The minimum Gasteiger partial charge on any atom is -0.444 e. The summed E-state index contributed by atoms with van der Waals surface area (Å²) in [7, 11) is 0. The number of nitrogens with one attached hydrogen (secondary N) is 3. The summed E-state index contributed by atoms with van der Waals surface area (Å²) in [6.07, 6.45) is 4.99. The maximum Gasteiger partial charge on any atom is 0.407 e. The van der Waals surface area contributed by atoms with Gasteiger partial charge in [0, 0.05) is 12.0 Å². The summed E-state index contributed by atoms with van der Waals surface area (Å²) < 4.78 is 5.29. The van der Waals surface area contributed by atoms with Crippen molar-refractivity contribution in [1.82, 2.24) is 16.0 Å². The van der Waals surface area contributed by atoms with E-state index >= 15 is 0 Å². The number of ether oxygens (including phenoxy) is 1. The number of carbonyl (C=O) groups is 3. The molecule has 0 aromatic rings. The molecule has 0 heterocycles. The summed E-state index contributed by atoms with van der Waals surface area (Å²) in [5.41, 5.74) is -0.551. The van der Waals surface area contributed by atoms with Gasteiger partial charge in [0.25, 0.3) is 0 Å². The SMILES string of the molecule is CC(C)(C)OC(=O)N[C@H]1CCCC[C@H]1NC(=O)CNC(=O)C1CC1. The fourth-order valence-electron chi connectivity index (χ4n) is 2.85. The third-order valence-corrected chi connectivity index (χ3v) is 4.19. The zero-order valence-corrected chi connectivity index (χ0v) is 14.8. The van der Waals surface area contributed by atoms with Crippen molar-refractivity contribution in [3.8, 4) is 0 Å². The highest BCUT2D eigenvalue weighted by Crippen LogP contribution is 2.28. The Morgan fingerprint density at radius 1 is 0.958 bits per heavy atom. The van der Waals surface area contributed by atoms with Crippen LogP contribution in [0, 0.1) is 5.92 Å². The molecule has 2 aliphatic rings. The van der Waals surface area contributed by atoms with E-state index in [1.165, 1.54) is 0 Å². The molecule has 0 saturated heterocycles. The van der Waals surface area contributed by atoms with E-state index in [0.29, 0.717) is 0 Å². The van der Waals surface area contributed by atoms with Crippen molar-refractivity contribution in [3.05, 3.63) is 0 Å². The van der Waals surface area contributed by atoms with Crippen molar-refractivity contribution in [2.75, 3.05) is 6.54 Å². The average molecular weight is 339 g/mol. The van der Waals surface area contributed by atoms with E-state index in [1.807, 2.05) is 20.8 Å². The molecule has 7 heteroatoms. The first-order valence-corrected chi connectivity index (χ1v) is 8.81. The first-order chi connectivity index (χ1) is 11.2.